The van der Waals surface area contributed by atoms with Crippen LogP contribution in [0.25, 0.3) is 11.1 Å². The van der Waals surface area contributed by atoms with Gasteiger partial charge in [0.05, 0.1) is 30.5 Å². The second-order valence-corrected chi connectivity index (χ2v) is 9.90. The number of anilines is 2. The van der Waals surface area contributed by atoms with Crippen molar-refractivity contribution in [3.8, 4) is 11.1 Å². The Morgan fingerprint density at radius 3 is 2.75 bits per heavy atom. The zero-order valence-electron chi connectivity index (χ0n) is 22.4. The maximum atomic E-state index is 14.2. The molecule has 1 amide bonds. The SMILES string of the molecule is COCOCc1ccc(F)cc1CN1C(=O)c2cc(-c3cc(Nc4ccnn4C)ncc3Cl)cn2C[C@@H]1COC. The molecule has 0 fully saturated rings. The molecular weight excluding hydrogens is 539 g/mol. The van der Waals surface area contributed by atoms with Crippen molar-refractivity contribution in [3.05, 3.63) is 82.6 Å². The lowest BCUT2D eigenvalue weighted by molar-refractivity contribution is -0.0394. The van der Waals surface area contributed by atoms with E-state index in [1.807, 2.05) is 36.0 Å². The Kier molecular flexibility index (Phi) is 8.46. The average Bonchev–Trinajstić information content (AvgIpc) is 3.55. The Balaban J connectivity index is 1.44. The molecule has 4 heterocycles. The van der Waals surface area contributed by atoms with Crippen LogP contribution in [0.5, 0.6) is 0 Å². The number of amides is 1. The number of benzene rings is 1. The minimum Gasteiger partial charge on any atom is -0.382 e. The summed E-state index contributed by atoms with van der Waals surface area (Å²) in [5, 5.41) is 7.85. The summed E-state index contributed by atoms with van der Waals surface area (Å²) in [5.41, 5.74) is 3.45. The fraction of sp³-hybridized carbons (Fsp3) is 0.321. The van der Waals surface area contributed by atoms with Gasteiger partial charge in [-0.25, -0.2) is 9.37 Å². The number of carbonyl (C=O) groups is 1. The van der Waals surface area contributed by atoms with E-state index in [0.29, 0.717) is 35.2 Å². The number of methoxy groups -OCH3 is 2. The van der Waals surface area contributed by atoms with Crippen LogP contribution in [0, 0.1) is 5.82 Å². The van der Waals surface area contributed by atoms with Gasteiger partial charge in [-0.3, -0.25) is 9.48 Å². The molecule has 1 aliphatic heterocycles. The van der Waals surface area contributed by atoms with Crippen LogP contribution in [0.1, 0.15) is 21.6 Å². The van der Waals surface area contributed by atoms with Crippen molar-refractivity contribution in [2.75, 3.05) is 32.9 Å². The standard InChI is InChI=1S/C28H30ClFN6O4/c1-34-27(6-7-32-34)33-26-10-23(24(29)11-31-26)20-9-25-28(37)36(22(16-38-2)14-35(25)12-20)13-19-8-21(30)5-4-18(19)15-40-17-39-3/h4-12,22H,13-17H2,1-3H3,(H,31,33)/t22-/m1/s1. The molecule has 1 atom stereocenters. The van der Waals surface area contributed by atoms with Crippen molar-refractivity contribution in [2.45, 2.75) is 25.7 Å². The van der Waals surface area contributed by atoms with Gasteiger partial charge < -0.3 is 29.0 Å². The second-order valence-electron chi connectivity index (χ2n) is 9.49. The lowest BCUT2D eigenvalue weighted by atomic mass is 10.0. The van der Waals surface area contributed by atoms with E-state index in [1.165, 1.54) is 19.2 Å². The maximum Gasteiger partial charge on any atom is 0.271 e. The number of fused-ring (bicyclic) bond motifs is 1. The molecule has 12 heteroatoms. The minimum absolute atomic E-state index is 0.110. The highest BCUT2D eigenvalue weighted by atomic mass is 35.5. The molecule has 0 aliphatic carbocycles. The van der Waals surface area contributed by atoms with Gasteiger partial charge in [-0.2, -0.15) is 5.10 Å². The first kappa shape index (κ1) is 27.8. The first-order valence-electron chi connectivity index (χ1n) is 12.6. The molecule has 1 N–H and O–H groups in total. The quantitative estimate of drug-likeness (QED) is 0.208. The van der Waals surface area contributed by atoms with Crippen LogP contribution in [-0.4, -0.2) is 63.8 Å². The third-order valence-electron chi connectivity index (χ3n) is 6.79. The highest BCUT2D eigenvalue weighted by Gasteiger charge is 2.34. The minimum atomic E-state index is -0.383. The van der Waals surface area contributed by atoms with Gasteiger partial charge in [-0.1, -0.05) is 17.7 Å². The third kappa shape index (κ3) is 5.87. The van der Waals surface area contributed by atoms with Gasteiger partial charge in [0.15, 0.2) is 0 Å². The number of pyridine rings is 1. The number of carbonyl (C=O) groups excluding carboxylic acids is 1. The third-order valence-corrected chi connectivity index (χ3v) is 7.10. The maximum absolute atomic E-state index is 14.2. The monoisotopic (exact) mass is 568 g/mol. The molecule has 0 spiro atoms. The van der Waals surface area contributed by atoms with Crippen LogP contribution in [0.4, 0.5) is 16.0 Å². The van der Waals surface area contributed by atoms with Crippen molar-refractivity contribution in [2.24, 2.45) is 7.05 Å². The Morgan fingerprint density at radius 1 is 1.15 bits per heavy atom. The van der Waals surface area contributed by atoms with E-state index >= 15 is 0 Å². The van der Waals surface area contributed by atoms with Crippen molar-refractivity contribution < 1.29 is 23.4 Å². The summed E-state index contributed by atoms with van der Waals surface area (Å²) >= 11 is 6.55. The normalized spacial score (nSPS) is 15.0. The van der Waals surface area contributed by atoms with E-state index < -0.39 is 0 Å². The van der Waals surface area contributed by atoms with Crippen LogP contribution >= 0.6 is 11.6 Å². The van der Waals surface area contributed by atoms with E-state index in [-0.39, 0.29) is 37.7 Å². The summed E-state index contributed by atoms with van der Waals surface area (Å²) in [7, 11) is 4.96. The Morgan fingerprint density at radius 2 is 2.00 bits per heavy atom. The summed E-state index contributed by atoms with van der Waals surface area (Å²) in [6.45, 7) is 1.36. The zero-order valence-corrected chi connectivity index (χ0v) is 23.2. The number of rotatable bonds is 11. The lowest BCUT2D eigenvalue weighted by Crippen LogP contribution is -2.49. The fourth-order valence-corrected chi connectivity index (χ4v) is 5.03. The second kappa shape index (κ2) is 12.2. The smallest absolute Gasteiger partial charge is 0.271 e. The van der Waals surface area contributed by atoms with Gasteiger partial charge in [-0.05, 0) is 35.4 Å². The van der Waals surface area contributed by atoms with Crippen molar-refractivity contribution in [1.82, 2.24) is 24.2 Å². The summed E-state index contributed by atoms with van der Waals surface area (Å²) in [5.74, 6) is 0.791. The van der Waals surface area contributed by atoms with Crippen LogP contribution in [-0.2, 0) is 41.0 Å². The van der Waals surface area contributed by atoms with Gasteiger partial charge in [0.2, 0.25) is 0 Å². The number of nitrogens with zero attached hydrogens (tertiary/aromatic N) is 5. The lowest BCUT2D eigenvalue weighted by Gasteiger charge is -2.36. The highest BCUT2D eigenvalue weighted by Crippen LogP contribution is 2.34. The molecule has 10 nitrogen and oxygen atoms in total. The Labute approximate surface area is 236 Å². The zero-order chi connectivity index (χ0) is 28.2. The molecule has 0 bridgehead atoms. The molecule has 40 heavy (non-hydrogen) atoms. The first-order valence-corrected chi connectivity index (χ1v) is 13.0. The molecule has 3 aromatic heterocycles. The first-order chi connectivity index (χ1) is 19.4. The summed E-state index contributed by atoms with van der Waals surface area (Å²) in [6, 6.07) is 9.72. The number of ether oxygens (including phenoxy) is 3. The summed E-state index contributed by atoms with van der Waals surface area (Å²) in [4.78, 5) is 20.0. The van der Waals surface area contributed by atoms with Gasteiger partial charge in [-0.15, -0.1) is 0 Å². The summed E-state index contributed by atoms with van der Waals surface area (Å²) in [6.07, 6.45) is 5.17. The van der Waals surface area contributed by atoms with Gasteiger partial charge in [0.1, 0.15) is 29.9 Å². The summed E-state index contributed by atoms with van der Waals surface area (Å²) < 4.78 is 33.8. The number of aryl methyl sites for hydroxylation is 1. The van der Waals surface area contributed by atoms with Gasteiger partial charge in [0.25, 0.3) is 5.91 Å². The van der Waals surface area contributed by atoms with Gasteiger partial charge in [0, 0.05) is 63.9 Å². The largest absolute Gasteiger partial charge is 0.382 e. The number of halogens is 2. The van der Waals surface area contributed by atoms with Crippen LogP contribution in [0.2, 0.25) is 5.02 Å². The number of nitrogens with one attached hydrogen (secondary N) is 1. The van der Waals surface area contributed by atoms with Crippen molar-refractivity contribution in [3.63, 3.8) is 0 Å². The number of hydrogen-bond acceptors (Lipinski definition) is 7. The highest BCUT2D eigenvalue weighted by molar-refractivity contribution is 6.33. The van der Waals surface area contributed by atoms with E-state index in [4.69, 9.17) is 25.8 Å². The van der Waals surface area contributed by atoms with Crippen LogP contribution < -0.4 is 5.32 Å². The fourth-order valence-electron chi connectivity index (χ4n) is 4.82. The molecule has 0 radical (unpaired) electrons. The molecule has 4 aromatic rings. The van der Waals surface area contributed by atoms with E-state index in [0.717, 1.165) is 22.5 Å². The predicted octanol–water partition coefficient (Wildman–Crippen LogP) is 4.61. The topological polar surface area (TPSA) is 95.7 Å². The van der Waals surface area contributed by atoms with E-state index in [1.54, 1.807) is 35.2 Å². The molecule has 1 aliphatic rings. The predicted molar refractivity (Wildman–Crippen MR) is 148 cm³/mol. The molecule has 210 valence electrons. The van der Waals surface area contributed by atoms with Crippen LogP contribution in [0.3, 0.4) is 0 Å². The molecular formula is C28H30ClFN6O4. The Bertz CT molecular complexity index is 1510. The van der Waals surface area contributed by atoms with E-state index in [2.05, 4.69) is 15.4 Å². The molecule has 5 rings (SSSR count). The van der Waals surface area contributed by atoms with Crippen molar-refractivity contribution in [1.29, 1.82) is 0 Å². The van der Waals surface area contributed by atoms with E-state index in [9.17, 15) is 9.18 Å². The number of aromatic nitrogens is 4. The van der Waals surface area contributed by atoms with Crippen LogP contribution in [0.15, 0.2) is 55.0 Å². The number of hydrogen-bond donors (Lipinski definition) is 1. The molecule has 1 aromatic carbocycles. The Hall–Kier alpha value is -3.77. The van der Waals surface area contributed by atoms with Crippen molar-refractivity contribution >= 4 is 29.1 Å². The molecule has 0 saturated heterocycles. The average molecular weight is 569 g/mol. The molecule has 0 unspecified atom stereocenters. The van der Waals surface area contributed by atoms with Gasteiger partial charge >= 0.3 is 0 Å². The molecule has 0 saturated carbocycles.